The van der Waals surface area contributed by atoms with Crippen LogP contribution in [0.3, 0.4) is 0 Å². The monoisotopic (exact) mass is 252 g/mol. The van der Waals surface area contributed by atoms with E-state index in [9.17, 15) is 4.79 Å². The standard InChI is InChI=1S/C15H28N2O/c1-11-8-13(10-16-9-11)15(18)17-14-7-5-3-4-6-12(14)2/h11-14,16H,3-10H2,1-2H3,(H,17,18). The number of piperidine rings is 1. The number of carbonyl (C=O) groups excluding carboxylic acids is 1. The Bertz CT molecular complexity index is 280. The normalized spacial score (nSPS) is 37.9. The number of nitrogens with one attached hydrogen (secondary N) is 2. The molecule has 1 heterocycles. The molecule has 104 valence electrons. The van der Waals surface area contributed by atoms with Crippen molar-refractivity contribution in [2.75, 3.05) is 13.1 Å². The van der Waals surface area contributed by atoms with Crippen molar-refractivity contribution in [1.82, 2.24) is 10.6 Å². The van der Waals surface area contributed by atoms with E-state index in [0.29, 0.717) is 17.9 Å². The summed E-state index contributed by atoms with van der Waals surface area (Å²) in [6.07, 6.45) is 7.41. The summed E-state index contributed by atoms with van der Waals surface area (Å²) in [6, 6.07) is 0.414. The molecule has 18 heavy (non-hydrogen) atoms. The Kier molecular flexibility index (Phi) is 5.04. The van der Waals surface area contributed by atoms with Crippen molar-refractivity contribution in [2.45, 2.75) is 58.4 Å². The van der Waals surface area contributed by atoms with Gasteiger partial charge in [-0.25, -0.2) is 0 Å². The van der Waals surface area contributed by atoms with Crippen molar-refractivity contribution in [2.24, 2.45) is 17.8 Å². The van der Waals surface area contributed by atoms with Crippen LogP contribution in [0.1, 0.15) is 52.4 Å². The summed E-state index contributed by atoms with van der Waals surface area (Å²) in [7, 11) is 0. The summed E-state index contributed by atoms with van der Waals surface area (Å²) >= 11 is 0. The minimum absolute atomic E-state index is 0.184. The van der Waals surface area contributed by atoms with E-state index in [1.54, 1.807) is 0 Å². The van der Waals surface area contributed by atoms with Crippen LogP contribution in [0.15, 0.2) is 0 Å². The van der Waals surface area contributed by atoms with Crippen LogP contribution >= 0.6 is 0 Å². The molecule has 4 unspecified atom stereocenters. The molecule has 1 aliphatic heterocycles. The maximum Gasteiger partial charge on any atom is 0.224 e. The highest BCUT2D eigenvalue weighted by molar-refractivity contribution is 5.79. The van der Waals surface area contributed by atoms with Gasteiger partial charge in [0.15, 0.2) is 0 Å². The molecule has 3 nitrogen and oxygen atoms in total. The zero-order chi connectivity index (χ0) is 13.0. The van der Waals surface area contributed by atoms with Gasteiger partial charge in [-0.05, 0) is 37.6 Å². The SMILES string of the molecule is CC1CNCC(C(=O)NC2CCCCCC2C)C1. The summed E-state index contributed by atoms with van der Waals surface area (Å²) in [5.41, 5.74) is 0. The van der Waals surface area contributed by atoms with Gasteiger partial charge in [0.25, 0.3) is 0 Å². The molecule has 0 spiro atoms. The molecule has 1 amide bonds. The van der Waals surface area contributed by atoms with Crippen molar-refractivity contribution >= 4 is 5.91 Å². The molecule has 0 radical (unpaired) electrons. The lowest BCUT2D eigenvalue weighted by atomic mass is 9.90. The molecule has 1 aliphatic carbocycles. The Hall–Kier alpha value is -0.570. The first kappa shape index (κ1) is 13.9. The van der Waals surface area contributed by atoms with E-state index in [1.807, 2.05) is 0 Å². The highest BCUT2D eigenvalue weighted by atomic mass is 16.2. The van der Waals surface area contributed by atoms with E-state index in [0.717, 1.165) is 19.5 Å². The average molecular weight is 252 g/mol. The highest BCUT2D eigenvalue weighted by Crippen LogP contribution is 2.24. The minimum atomic E-state index is 0.184. The molecule has 4 atom stereocenters. The molecule has 0 bridgehead atoms. The number of hydrogen-bond acceptors (Lipinski definition) is 2. The van der Waals surface area contributed by atoms with Crippen LogP contribution in [0, 0.1) is 17.8 Å². The quantitative estimate of drug-likeness (QED) is 0.741. The van der Waals surface area contributed by atoms with Crippen LogP contribution < -0.4 is 10.6 Å². The third kappa shape index (κ3) is 3.71. The highest BCUT2D eigenvalue weighted by Gasteiger charge is 2.28. The second-order valence-corrected chi connectivity index (χ2v) is 6.43. The lowest BCUT2D eigenvalue weighted by Gasteiger charge is -2.30. The lowest BCUT2D eigenvalue weighted by molar-refractivity contribution is -0.127. The van der Waals surface area contributed by atoms with E-state index in [4.69, 9.17) is 0 Å². The summed E-state index contributed by atoms with van der Waals surface area (Å²) in [5, 5.41) is 6.69. The van der Waals surface area contributed by atoms with Crippen LogP contribution in [-0.4, -0.2) is 25.0 Å². The van der Waals surface area contributed by atoms with Gasteiger partial charge in [0, 0.05) is 12.6 Å². The number of rotatable bonds is 2. The molecule has 1 saturated heterocycles. The molecule has 2 rings (SSSR count). The molecular weight excluding hydrogens is 224 g/mol. The fourth-order valence-corrected chi connectivity index (χ4v) is 3.36. The first-order valence-corrected chi connectivity index (χ1v) is 7.68. The van der Waals surface area contributed by atoms with Crippen molar-refractivity contribution in [3.05, 3.63) is 0 Å². The van der Waals surface area contributed by atoms with Gasteiger partial charge in [0.2, 0.25) is 5.91 Å². The summed E-state index contributed by atoms with van der Waals surface area (Å²) < 4.78 is 0. The van der Waals surface area contributed by atoms with Crippen molar-refractivity contribution in [3.8, 4) is 0 Å². The third-order valence-electron chi connectivity index (χ3n) is 4.63. The summed E-state index contributed by atoms with van der Waals surface area (Å²) in [6.45, 7) is 6.43. The van der Waals surface area contributed by atoms with Crippen molar-refractivity contribution < 1.29 is 4.79 Å². The largest absolute Gasteiger partial charge is 0.353 e. The Morgan fingerprint density at radius 1 is 1.11 bits per heavy atom. The zero-order valence-corrected chi connectivity index (χ0v) is 11.9. The second kappa shape index (κ2) is 6.55. The first-order chi connectivity index (χ1) is 8.66. The van der Waals surface area contributed by atoms with Crippen LogP contribution in [0.2, 0.25) is 0 Å². The van der Waals surface area contributed by atoms with Gasteiger partial charge in [-0.1, -0.05) is 33.1 Å². The van der Waals surface area contributed by atoms with Crippen molar-refractivity contribution in [1.29, 1.82) is 0 Å². The van der Waals surface area contributed by atoms with Crippen LogP contribution in [0.4, 0.5) is 0 Å². The van der Waals surface area contributed by atoms with Gasteiger partial charge in [-0.15, -0.1) is 0 Å². The first-order valence-electron chi connectivity index (χ1n) is 7.68. The van der Waals surface area contributed by atoms with Crippen LogP contribution in [-0.2, 0) is 4.79 Å². The summed E-state index contributed by atoms with van der Waals surface area (Å²) in [4.78, 5) is 12.3. The molecule has 2 N–H and O–H groups in total. The van der Waals surface area contributed by atoms with E-state index in [-0.39, 0.29) is 11.8 Å². The van der Waals surface area contributed by atoms with E-state index >= 15 is 0 Å². The van der Waals surface area contributed by atoms with Gasteiger partial charge < -0.3 is 10.6 Å². The second-order valence-electron chi connectivity index (χ2n) is 6.43. The Labute approximate surface area is 111 Å². The maximum atomic E-state index is 12.3. The van der Waals surface area contributed by atoms with Gasteiger partial charge in [-0.2, -0.15) is 0 Å². The molecule has 0 aromatic rings. The van der Waals surface area contributed by atoms with Gasteiger partial charge >= 0.3 is 0 Å². The number of amides is 1. The van der Waals surface area contributed by atoms with E-state index in [1.165, 1.54) is 32.1 Å². The molecule has 3 heteroatoms. The number of carbonyl (C=O) groups is 1. The Balaban J connectivity index is 1.85. The smallest absolute Gasteiger partial charge is 0.224 e. The predicted octanol–water partition coefficient (Wildman–Crippen LogP) is 2.32. The minimum Gasteiger partial charge on any atom is -0.353 e. The van der Waals surface area contributed by atoms with Gasteiger partial charge in [0.05, 0.1) is 5.92 Å². The fourth-order valence-electron chi connectivity index (χ4n) is 3.36. The molecule has 0 aromatic heterocycles. The van der Waals surface area contributed by atoms with E-state index in [2.05, 4.69) is 24.5 Å². The Morgan fingerprint density at radius 2 is 1.89 bits per heavy atom. The van der Waals surface area contributed by atoms with Crippen LogP contribution in [0.25, 0.3) is 0 Å². The molecular formula is C15H28N2O. The van der Waals surface area contributed by atoms with Gasteiger partial charge in [-0.3, -0.25) is 4.79 Å². The molecule has 1 saturated carbocycles. The van der Waals surface area contributed by atoms with Crippen molar-refractivity contribution in [3.63, 3.8) is 0 Å². The van der Waals surface area contributed by atoms with Gasteiger partial charge in [0.1, 0.15) is 0 Å². The fraction of sp³-hybridized carbons (Fsp3) is 0.933. The number of hydrogen-bond donors (Lipinski definition) is 2. The molecule has 2 fully saturated rings. The van der Waals surface area contributed by atoms with E-state index < -0.39 is 0 Å². The average Bonchev–Trinajstić information content (AvgIpc) is 2.55. The molecule has 2 aliphatic rings. The maximum absolute atomic E-state index is 12.3. The van der Waals surface area contributed by atoms with Crippen LogP contribution in [0.5, 0.6) is 0 Å². The topological polar surface area (TPSA) is 41.1 Å². The summed E-state index contributed by atoms with van der Waals surface area (Å²) in [5.74, 6) is 1.74. The predicted molar refractivity (Wildman–Crippen MR) is 74.3 cm³/mol. The Morgan fingerprint density at radius 3 is 2.67 bits per heavy atom. The lowest BCUT2D eigenvalue weighted by Crippen LogP contribution is -2.47. The third-order valence-corrected chi connectivity index (χ3v) is 4.63. The molecule has 0 aromatic carbocycles. The zero-order valence-electron chi connectivity index (χ0n) is 11.9.